The summed E-state index contributed by atoms with van der Waals surface area (Å²) in [5.74, 6) is 1.00. The Hall–Kier alpha value is -1.49. The van der Waals surface area contributed by atoms with E-state index < -0.39 is 0 Å². The summed E-state index contributed by atoms with van der Waals surface area (Å²) in [6, 6.07) is 1.70. The molecule has 5 nitrogen and oxygen atoms in total. The van der Waals surface area contributed by atoms with Gasteiger partial charge >= 0.3 is 0 Å². The van der Waals surface area contributed by atoms with Gasteiger partial charge in [0.15, 0.2) is 5.82 Å². The highest BCUT2D eigenvalue weighted by Gasteiger charge is 2.24. The number of nitrogens with zero attached hydrogens (tertiary/aromatic N) is 3. The Balaban J connectivity index is 2.02. The highest BCUT2D eigenvalue weighted by atomic mass is 35.5. The summed E-state index contributed by atoms with van der Waals surface area (Å²) < 4.78 is 0. The molecule has 0 aromatic carbocycles. The Labute approximate surface area is 118 Å². The van der Waals surface area contributed by atoms with Gasteiger partial charge in [0.2, 0.25) is 5.91 Å². The van der Waals surface area contributed by atoms with E-state index in [9.17, 15) is 4.79 Å². The van der Waals surface area contributed by atoms with E-state index in [0.717, 1.165) is 18.9 Å². The maximum Gasteiger partial charge on any atom is 0.225 e. The van der Waals surface area contributed by atoms with Gasteiger partial charge in [0.1, 0.15) is 0 Å². The number of hydrogen-bond acceptors (Lipinski definition) is 4. The van der Waals surface area contributed by atoms with Crippen molar-refractivity contribution in [2.45, 2.75) is 13.8 Å². The fourth-order valence-electron chi connectivity index (χ4n) is 2.22. The number of carbonyl (C=O) groups excluding carboxylic acids is 1. The van der Waals surface area contributed by atoms with E-state index >= 15 is 0 Å². The summed E-state index contributed by atoms with van der Waals surface area (Å²) in [6.45, 7) is 6.76. The number of pyridine rings is 1. The summed E-state index contributed by atoms with van der Waals surface area (Å²) in [7, 11) is 0. The first-order valence-electron chi connectivity index (χ1n) is 6.44. The minimum Gasteiger partial charge on any atom is -0.396 e. The van der Waals surface area contributed by atoms with E-state index in [4.69, 9.17) is 17.3 Å². The molecule has 6 heteroatoms. The molecule has 1 aliphatic rings. The number of nitrogen functional groups attached to an aromatic ring is 1. The summed E-state index contributed by atoms with van der Waals surface area (Å²) in [5.41, 5.74) is 6.51. The van der Waals surface area contributed by atoms with Crippen LogP contribution < -0.4 is 10.6 Å². The van der Waals surface area contributed by atoms with E-state index in [1.807, 2.05) is 18.7 Å². The number of nitrogens with two attached hydrogens (primary N) is 1. The predicted octanol–water partition coefficient (Wildman–Crippen LogP) is 1.62. The van der Waals surface area contributed by atoms with Crippen LogP contribution >= 0.6 is 11.6 Å². The van der Waals surface area contributed by atoms with Crippen LogP contribution in [0, 0.1) is 5.92 Å². The van der Waals surface area contributed by atoms with Crippen LogP contribution in [0.2, 0.25) is 5.02 Å². The number of aromatic nitrogens is 1. The molecular weight excluding hydrogens is 264 g/mol. The molecular formula is C13H19ClN4O. The van der Waals surface area contributed by atoms with Crippen molar-refractivity contribution in [2.24, 2.45) is 5.92 Å². The molecule has 1 amide bonds. The lowest BCUT2D eigenvalue weighted by Gasteiger charge is -2.36. The zero-order valence-corrected chi connectivity index (χ0v) is 12.0. The second-order valence-corrected chi connectivity index (χ2v) is 5.47. The molecule has 0 saturated carbocycles. The van der Waals surface area contributed by atoms with Crippen LogP contribution in [0.4, 0.5) is 11.5 Å². The quantitative estimate of drug-likeness (QED) is 0.895. The van der Waals surface area contributed by atoms with Crippen molar-refractivity contribution in [3.8, 4) is 0 Å². The van der Waals surface area contributed by atoms with Gasteiger partial charge in [-0.3, -0.25) is 4.79 Å². The van der Waals surface area contributed by atoms with Crippen molar-refractivity contribution >= 4 is 29.0 Å². The highest BCUT2D eigenvalue weighted by Crippen LogP contribution is 2.24. The Morgan fingerprint density at radius 2 is 2.00 bits per heavy atom. The molecule has 2 heterocycles. The molecule has 0 unspecified atom stereocenters. The van der Waals surface area contributed by atoms with Crippen molar-refractivity contribution in [2.75, 3.05) is 36.8 Å². The van der Waals surface area contributed by atoms with E-state index in [2.05, 4.69) is 9.88 Å². The van der Waals surface area contributed by atoms with Gasteiger partial charge in [-0.25, -0.2) is 4.98 Å². The van der Waals surface area contributed by atoms with Gasteiger partial charge < -0.3 is 15.5 Å². The molecule has 1 aromatic heterocycles. The molecule has 1 aromatic rings. The second kappa shape index (κ2) is 5.65. The van der Waals surface area contributed by atoms with Crippen LogP contribution in [0.3, 0.4) is 0 Å². The molecule has 104 valence electrons. The fraction of sp³-hybridized carbons (Fsp3) is 0.538. The predicted molar refractivity (Wildman–Crippen MR) is 77.3 cm³/mol. The van der Waals surface area contributed by atoms with E-state index in [1.54, 1.807) is 12.3 Å². The molecule has 1 fully saturated rings. The van der Waals surface area contributed by atoms with Crippen LogP contribution in [0.25, 0.3) is 0 Å². The lowest BCUT2D eigenvalue weighted by Crippen LogP contribution is -2.50. The lowest BCUT2D eigenvalue weighted by molar-refractivity contribution is -0.134. The van der Waals surface area contributed by atoms with Gasteiger partial charge in [0, 0.05) is 38.3 Å². The number of rotatable bonds is 2. The monoisotopic (exact) mass is 282 g/mol. The Morgan fingerprint density at radius 3 is 2.53 bits per heavy atom. The topological polar surface area (TPSA) is 62.5 Å². The first kappa shape index (κ1) is 13.9. The first-order valence-corrected chi connectivity index (χ1v) is 6.81. The van der Waals surface area contributed by atoms with Gasteiger partial charge in [-0.1, -0.05) is 25.4 Å². The molecule has 1 aliphatic heterocycles. The Morgan fingerprint density at radius 1 is 1.37 bits per heavy atom. The number of amides is 1. The van der Waals surface area contributed by atoms with Crippen LogP contribution in [-0.2, 0) is 4.79 Å². The van der Waals surface area contributed by atoms with Crippen molar-refractivity contribution in [1.29, 1.82) is 0 Å². The number of piperazine rings is 1. The van der Waals surface area contributed by atoms with E-state index in [0.29, 0.717) is 23.8 Å². The zero-order chi connectivity index (χ0) is 14.0. The molecule has 0 spiro atoms. The van der Waals surface area contributed by atoms with Gasteiger partial charge in [-0.15, -0.1) is 0 Å². The number of hydrogen-bond donors (Lipinski definition) is 1. The summed E-state index contributed by atoms with van der Waals surface area (Å²) in [5, 5.41) is 0.537. The molecule has 2 N–H and O–H groups in total. The first-order chi connectivity index (χ1) is 8.99. The fourth-order valence-corrected chi connectivity index (χ4v) is 2.38. The molecule has 1 saturated heterocycles. The maximum absolute atomic E-state index is 11.9. The molecule has 0 aliphatic carbocycles. The van der Waals surface area contributed by atoms with Gasteiger partial charge in [0.25, 0.3) is 0 Å². The van der Waals surface area contributed by atoms with E-state index in [1.165, 1.54) is 0 Å². The number of carbonyl (C=O) groups is 1. The summed E-state index contributed by atoms with van der Waals surface area (Å²) in [4.78, 5) is 20.2. The van der Waals surface area contributed by atoms with E-state index in [-0.39, 0.29) is 11.8 Å². The number of halogens is 1. The largest absolute Gasteiger partial charge is 0.396 e. The third-order valence-electron chi connectivity index (χ3n) is 3.25. The Bertz CT molecular complexity index is 470. The third-order valence-corrected chi connectivity index (χ3v) is 3.45. The van der Waals surface area contributed by atoms with Gasteiger partial charge in [-0.05, 0) is 6.07 Å². The molecule has 19 heavy (non-hydrogen) atoms. The number of anilines is 2. The van der Waals surface area contributed by atoms with Crippen LogP contribution in [0.5, 0.6) is 0 Å². The van der Waals surface area contributed by atoms with Crippen molar-refractivity contribution in [3.63, 3.8) is 0 Å². The molecule has 2 rings (SSSR count). The Kier molecular flexibility index (Phi) is 4.14. The molecule has 0 radical (unpaired) electrons. The van der Waals surface area contributed by atoms with Gasteiger partial charge in [0.05, 0.1) is 10.7 Å². The average molecular weight is 283 g/mol. The zero-order valence-electron chi connectivity index (χ0n) is 11.3. The van der Waals surface area contributed by atoms with Crippen molar-refractivity contribution in [1.82, 2.24) is 9.88 Å². The summed E-state index contributed by atoms with van der Waals surface area (Å²) >= 11 is 5.84. The van der Waals surface area contributed by atoms with Crippen molar-refractivity contribution < 1.29 is 4.79 Å². The maximum atomic E-state index is 11.9. The minimum absolute atomic E-state index is 0.0466. The normalized spacial score (nSPS) is 16.0. The van der Waals surface area contributed by atoms with Crippen LogP contribution in [0.1, 0.15) is 13.8 Å². The second-order valence-electron chi connectivity index (χ2n) is 5.03. The van der Waals surface area contributed by atoms with Crippen LogP contribution in [-0.4, -0.2) is 42.0 Å². The molecule has 0 bridgehead atoms. The highest BCUT2D eigenvalue weighted by molar-refractivity contribution is 6.30. The SMILES string of the molecule is CC(C)C(=O)N1CCN(c2ncc(Cl)cc2N)CC1. The average Bonchev–Trinajstić information content (AvgIpc) is 2.38. The minimum atomic E-state index is 0.0466. The van der Waals surface area contributed by atoms with Crippen LogP contribution in [0.15, 0.2) is 12.3 Å². The lowest BCUT2D eigenvalue weighted by atomic mass is 10.1. The standard InChI is InChI=1S/C13H19ClN4O/c1-9(2)13(19)18-5-3-17(4-6-18)12-11(15)7-10(14)8-16-12/h7-9H,3-6,15H2,1-2H3. The third kappa shape index (κ3) is 3.10. The molecule has 0 atom stereocenters. The smallest absolute Gasteiger partial charge is 0.225 e. The van der Waals surface area contributed by atoms with Crippen molar-refractivity contribution in [3.05, 3.63) is 17.3 Å². The summed E-state index contributed by atoms with van der Waals surface area (Å²) in [6.07, 6.45) is 1.60. The van der Waals surface area contributed by atoms with Gasteiger partial charge in [-0.2, -0.15) is 0 Å².